The highest BCUT2D eigenvalue weighted by Gasteiger charge is 2.11. The van der Waals surface area contributed by atoms with Crippen molar-refractivity contribution in [2.45, 2.75) is 0 Å². The fraction of sp³-hybridized carbons (Fsp3) is 0.118. The van der Waals surface area contributed by atoms with Crippen LogP contribution in [0, 0.1) is 0 Å². The first-order chi connectivity index (χ1) is 11.5. The van der Waals surface area contributed by atoms with Crippen LogP contribution in [0.2, 0.25) is 0 Å². The zero-order chi connectivity index (χ0) is 17.2. The second-order valence-electron chi connectivity index (χ2n) is 5.19. The highest BCUT2D eigenvalue weighted by molar-refractivity contribution is 7.92. The van der Waals surface area contributed by atoms with Gasteiger partial charge in [-0.2, -0.15) is 0 Å². The smallest absolute Gasteiger partial charge is 0.229 e. The van der Waals surface area contributed by atoms with E-state index in [9.17, 15) is 8.42 Å². The maximum Gasteiger partial charge on any atom is 0.229 e. The molecule has 0 saturated carbocycles. The molecule has 1 N–H and O–H groups in total. The van der Waals surface area contributed by atoms with E-state index in [2.05, 4.69) is 9.71 Å². The zero-order valence-electron chi connectivity index (χ0n) is 13.2. The molecule has 3 aromatic rings. The van der Waals surface area contributed by atoms with E-state index in [-0.39, 0.29) is 0 Å². The number of hydrogen-bond donors (Lipinski definition) is 1. The molecule has 0 unspecified atom stereocenters. The van der Waals surface area contributed by atoms with E-state index >= 15 is 0 Å². The Bertz CT molecular complexity index is 948. The van der Waals surface area contributed by atoms with Crippen molar-refractivity contribution in [1.29, 1.82) is 0 Å². The first kappa shape index (κ1) is 16.5. The van der Waals surface area contributed by atoms with Crippen LogP contribution in [0.15, 0.2) is 53.9 Å². The Morgan fingerprint density at radius 1 is 1.08 bits per heavy atom. The average molecular weight is 360 g/mol. The second kappa shape index (κ2) is 6.62. The topological polar surface area (TPSA) is 68.3 Å². The van der Waals surface area contributed by atoms with Crippen molar-refractivity contribution < 1.29 is 13.2 Å². The minimum atomic E-state index is -3.27. The summed E-state index contributed by atoms with van der Waals surface area (Å²) in [5, 5.41) is 2.85. The van der Waals surface area contributed by atoms with Gasteiger partial charge in [0.2, 0.25) is 10.0 Å². The summed E-state index contributed by atoms with van der Waals surface area (Å²) in [6.45, 7) is 0. The normalized spacial score (nSPS) is 11.2. The van der Waals surface area contributed by atoms with E-state index in [1.54, 1.807) is 19.2 Å². The molecule has 5 nitrogen and oxygen atoms in total. The van der Waals surface area contributed by atoms with Crippen molar-refractivity contribution in [3.63, 3.8) is 0 Å². The Balaban J connectivity index is 1.88. The van der Waals surface area contributed by atoms with Gasteiger partial charge in [0.15, 0.2) is 0 Å². The molecule has 0 aliphatic heterocycles. The van der Waals surface area contributed by atoms with Gasteiger partial charge in [0, 0.05) is 16.6 Å². The van der Waals surface area contributed by atoms with Crippen molar-refractivity contribution >= 4 is 27.0 Å². The van der Waals surface area contributed by atoms with E-state index in [4.69, 9.17) is 4.74 Å². The van der Waals surface area contributed by atoms with Crippen molar-refractivity contribution in [2.24, 2.45) is 0 Å². The summed E-state index contributed by atoms with van der Waals surface area (Å²) in [5.41, 5.74) is 3.24. The van der Waals surface area contributed by atoms with Crippen LogP contribution in [0.1, 0.15) is 0 Å². The van der Waals surface area contributed by atoms with Crippen molar-refractivity contribution in [2.75, 3.05) is 18.1 Å². The van der Waals surface area contributed by atoms with Crippen LogP contribution in [0.25, 0.3) is 21.8 Å². The SMILES string of the molecule is COc1ccccc1-c1nc(-c2ccc(NS(C)(=O)=O)cc2)cs1. The van der Waals surface area contributed by atoms with Crippen LogP contribution < -0.4 is 9.46 Å². The van der Waals surface area contributed by atoms with Crippen molar-refractivity contribution in [3.8, 4) is 27.6 Å². The lowest BCUT2D eigenvalue weighted by Crippen LogP contribution is -2.09. The van der Waals surface area contributed by atoms with Crippen LogP contribution in [-0.4, -0.2) is 26.8 Å². The number of anilines is 1. The molecule has 0 radical (unpaired) electrons. The number of nitrogens with one attached hydrogen (secondary N) is 1. The molecule has 7 heteroatoms. The average Bonchev–Trinajstić information content (AvgIpc) is 3.04. The van der Waals surface area contributed by atoms with Gasteiger partial charge in [-0.15, -0.1) is 11.3 Å². The molecule has 3 rings (SSSR count). The van der Waals surface area contributed by atoms with Crippen LogP contribution in [0.4, 0.5) is 5.69 Å². The number of sulfonamides is 1. The summed E-state index contributed by atoms with van der Waals surface area (Å²) in [4.78, 5) is 4.66. The van der Waals surface area contributed by atoms with Crippen LogP contribution in [-0.2, 0) is 10.0 Å². The van der Waals surface area contributed by atoms with Crippen molar-refractivity contribution in [3.05, 3.63) is 53.9 Å². The van der Waals surface area contributed by atoms with Gasteiger partial charge >= 0.3 is 0 Å². The van der Waals surface area contributed by atoms with E-state index in [1.807, 2.05) is 41.8 Å². The molecule has 0 aliphatic carbocycles. The molecule has 0 aliphatic rings. The molecule has 0 amide bonds. The van der Waals surface area contributed by atoms with Gasteiger partial charge < -0.3 is 4.74 Å². The van der Waals surface area contributed by atoms with Crippen LogP contribution >= 0.6 is 11.3 Å². The Morgan fingerprint density at radius 2 is 1.79 bits per heavy atom. The summed E-state index contributed by atoms with van der Waals surface area (Å²) < 4.78 is 30.3. The second-order valence-corrected chi connectivity index (χ2v) is 7.80. The lowest BCUT2D eigenvalue weighted by molar-refractivity contribution is 0.416. The predicted octanol–water partition coefficient (Wildman–Crippen LogP) is 3.86. The maximum absolute atomic E-state index is 11.2. The van der Waals surface area contributed by atoms with E-state index in [0.717, 1.165) is 33.8 Å². The third-order valence-electron chi connectivity index (χ3n) is 3.33. The molecule has 0 saturated heterocycles. The Labute approximate surface area is 145 Å². The molecule has 0 atom stereocenters. The summed E-state index contributed by atoms with van der Waals surface area (Å²) >= 11 is 1.54. The molecular formula is C17H16N2O3S2. The Morgan fingerprint density at radius 3 is 2.46 bits per heavy atom. The molecule has 0 fully saturated rings. The van der Waals surface area contributed by atoms with Crippen LogP contribution in [0.3, 0.4) is 0 Å². The zero-order valence-corrected chi connectivity index (χ0v) is 14.8. The van der Waals surface area contributed by atoms with Gasteiger partial charge in [-0.3, -0.25) is 4.72 Å². The molecule has 1 aromatic heterocycles. The third kappa shape index (κ3) is 3.74. The summed E-state index contributed by atoms with van der Waals surface area (Å²) in [6.07, 6.45) is 1.13. The fourth-order valence-electron chi connectivity index (χ4n) is 2.27. The van der Waals surface area contributed by atoms with E-state index < -0.39 is 10.0 Å². The number of benzene rings is 2. The minimum absolute atomic E-state index is 0.529. The van der Waals surface area contributed by atoms with Gasteiger partial charge in [-0.1, -0.05) is 24.3 Å². The predicted molar refractivity (Wildman–Crippen MR) is 98.0 cm³/mol. The molecular weight excluding hydrogens is 344 g/mol. The summed E-state index contributed by atoms with van der Waals surface area (Å²) in [6, 6.07) is 14.9. The maximum atomic E-state index is 11.2. The Kier molecular flexibility index (Phi) is 4.55. The van der Waals surface area contributed by atoms with Crippen LogP contribution in [0.5, 0.6) is 5.75 Å². The lowest BCUT2D eigenvalue weighted by atomic mass is 10.1. The third-order valence-corrected chi connectivity index (χ3v) is 4.81. The first-order valence-electron chi connectivity index (χ1n) is 7.13. The molecule has 124 valence electrons. The number of rotatable bonds is 5. The quantitative estimate of drug-likeness (QED) is 0.750. The number of methoxy groups -OCH3 is 1. The highest BCUT2D eigenvalue weighted by atomic mass is 32.2. The number of nitrogens with zero attached hydrogens (tertiary/aromatic N) is 1. The number of para-hydroxylation sites is 1. The van der Waals surface area contributed by atoms with E-state index in [1.165, 1.54) is 11.3 Å². The highest BCUT2D eigenvalue weighted by Crippen LogP contribution is 2.34. The number of thiazole rings is 1. The van der Waals surface area contributed by atoms with Gasteiger partial charge in [0.25, 0.3) is 0 Å². The molecule has 1 heterocycles. The standard InChI is InChI=1S/C17H16N2O3S2/c1-22-16-6-4-3-5-14(16)17-18-15(11-23-17)12-7-9-13(10-8-12)19-24(2,20)21/h3-11,19H,1-2H3. The van der Waals surface area contributed by atoms with Gasteiger partial charge in [0.05, 0.1) is 24.6 Å². The fourth-order valence-corrected chi connectivity index (χ4v) is 3.70. The summed E-state index contributed by atoms with van der Waals surface area (Å²) in [7, 11) is -1.63. The lowest BCUT2D eigenvalue weighted by Gasteiger charge is -2.05. The monoisotopic (exact) mass is 360 g/mol. The number of hydrogen-bond acceptors (Lipinski definition) is 5. The van der Waals surface area contributed by atoms with E-state index in [0.29, 0.717) is 5.69 Å². The van der Waals surface area contributed by atoms with Gasteiger partial charge in [-0.25, -0.2) is 13.4 Å². The molecule has 0 spiro atoms. The van der Waals surface area contributed by atoms with Gasteiger partial charge in [-0.05, 0) is 24.3 Å². The molecule has 24 heavy (non-hydrogen) atoms. The number of ether oxygens (including phenoxy) is 1. The molecule has 0 bridgehead atoms. The number of aromatic nitrogens is 1. The first-order valence-corrected chi connectivity index (χ1v) is 9.90. The van der Waals surface area contributed by atoms with Crippen molar-refractivity contribution in [1.82, 2.24) is 4.98 Å². The molecule has 2 aromatic carbocycles. The summed E-state index contributed by atoms with van der Waals surface area (Å²) in [5.74, 6) is 0.783. The minimum Gasteiger partial charge on any atom is -0.496 e. The largest absolute Gasteiger partial charge is 0.496 e. The Hall–Kier alpha value is -2.38. The van der Waals surface area contributed by atoms with Gasteiger partial charge in [0.1, 0.15) is 10.8 Å².